The summed E-state index contributed by atoms with van der Waals surface area (Å²) in [5, 5.41) is 2.58. The number of benzene rings is 1. The molecule has 0 bridgehead atoms. The zero-order valence-electron chi connectivity index (χ0n) is 22.2. The van der Waals surface area contributed by atoms with Crippen molar-refractivity contribution in [2.45, 2.75) is 51.4 Å². The summed E-state index contributed by atoms with van der Waals surface area (Å²) in [5.74, 6) is -2.27. The van der Waals surface area contributed by atoms with E-state index in [0.29, 0.717) is 18.9 Å². The first-order valence-electron chi connectivity index (χ1n) is 12.9. The first kappa shape index (κ1) is 28.4. The summed E-state index contributed by atoms with van der Waals surface area (Å²) in [5.41, 5.74) is 0.639. The van der Waals surface area contributed by atoms with Crippen LogP contribution in [0.15, 0.2) is 36.5 Å². The number of carbonyl (C=O) groups is 3. The number of nitrogens with zero attached hydrogens (tertiary/aromatic N) is 1. The Balaban J connectivity index is 1.51. The van der Waals surface area contributed by atoms with Gasteiger partial charge in [0.15, 0.2) is 17.5 Å². The van der Waals surface area contributed by atoms with Gasteiger partial charge in [0.2, 0.25) is 5.75 Å². The Hall–Kier alpha value is -3.57. The standard InChI is InChI=1S/C28H33FN2O8/c1-16-21(12-18-6-8-20(29)9-7-18)24(37-13-19-4-5-19)15-36-14-22(28(34)38-16)31-27(33)25-26(39-17(2)32)23(35-3)10-11-30-25/h6-11,16,19,21-22,24H,4-5,12-15H2,1-3H3,(H,31,33)/t16-,21-,22-,24-/m0/s1. The third-order valence-electron chi connectivity index (χ3n) is 6.72. The topological polar surface area (TPSA) is 122 Å². The molecule has 1 N–H and O–H groups in total. The normalized spacial score (nSPS) is 23.5. The molecule has 1 aromatic carbocycles. The quantitative estimate of drug-likeness (QED) is 0.475. The van der Waals surface area contributed by atoms with Crippen LogP contribution < -0.4 is 14.8 Å². The molecule has 2 aliphatic rings. The minimum Gasteiger partial charge on any atom is -0.493 e. The molecule has 0 spiro atoms. The molecule has 4 rings (SSSR count). The van der Waals surface area contributed by atoms with Crippen LogP contribution >= 0.6 is 0 Å². The number of methoxy groups -OCH3 is 1. The van der Waals surface area contributed by atoms with Crippen LogP contribution in [0.5, 0.6) is 11.5 Å². The van der Waals surface area contributed by atoms with E-state index in [0.717, 1.165) is 18.4 Å². The number of cyclic esters (lactones) is 1. The second-order valence-electron chi connectivity index (χ2n) is 9.80. The van der Waals surface area contributed by atoms with E-state index in [1.807, 2.05) is 0 Å². The fourth-order valence-electron chi connectivity index (χ4n) is 4.38. The van der Waals surface area contributed by atoms with Gasteiger partial charge in [-0.2, -0.15) is 0 Å². The minimum absolute atomic E-state index is 0.131. The number of hydrogen-bond donors (Lipinski definition) is 1. The van der Waals surface area contributed by atoms with Crippen molar-refractivity contribution in [1.29, 1.82) is 0 Å². The van der Waals surface area contributed by atoms with Crippen LogP contribution in [-0.4, -0.2) is 68.0 Å². The number of hydrogen-bond acceptors (Lipinski definition) is 9. The highest BCUT2D eigenvalue weighted by Crippen LogP contribution is 2.32. The molecule has 2 fully saturated rings. The van der Waals surface area contributed by atoms with Gasteiger partial charge in [-0.1, -0.05) is 12.1 Å². The Morgan fingerprint density at radius 2 is 1.90 bits per heavy atom. The maximum Gasteiger partial charge on any atom is 0.331 e. The van der Waals surface area contributed by atoms with E-state index in [1.54, 1.807) is 19.1 Å². The molecule has 4 atom stereocenters. The number of pyridine rings is 1. The van der Waals surface area contributed by atoms with Crippen molar-refractivity contribution in [3.63, 3.8) is 0 Å². The lowest BCUT2D eigenvalue weighted by Gasteiger charge is -2.31. The molecule has 39 heavy (non-hydrogen) atoms. The largest absolute Gasteiger partial charge is 0.493 e. The zero-order valence-corrected chi connectivity index (χ0v) is 22.2. The number of rotatable bonds is 9. The van der Waals surface area contributed by atoms with Gasteiger partial charge in [-0.05, 0) is 49.8 Å². The van der Waals surface area contributed by atoms with E-state index in [4.69, 9.17) is 23.7 Å². The van der Waals surface area contributed by atoms with Crippen molar-refractivity contribution in [1.82, 2.24) is 10.3 Å². The summed E-state index contributed by atoms with van der Waals surface area (Å²) in [6, 6.07) is 6.45. The SMILES string of the molecule is COc1ccnc(C(=O)N[C@H]2COC[C@H](OCC3CC3)[C@@H](Cc3ccc(F)cc3)[C@H](C)OC2=O)c1OC(C)=O. The van der Waals surface area contributed by atoms with Crippen LogP contribution in [-0.2, 0) is 30.2 Å². The van der Waals surface area contributed by atoms with Gasteiger partial charge in [0.1, 0.15) is 11.9 Å². The van der Waals surface area contributed by atoms with Crippen LogP contribution in [0, 0.1) is 17.7 Å². The van der Waals surface area contributed by atoms with E-state index < -0.39 is 30.0 Å². The summed E-state index contributed by atoms with van der Waals surface area (Å²) in [7, 11) is 1.36. The molecule has 1 amide bonds. The van der Waals surface area contributed by atoms with Gasteiger partial charge in [0.25, 0.3) is 5.91 Å². The molecule has 11 heteroatoms. The molecule has 1 saturated heterocycles. The molecule has 0 radical (unpaired) electrons. The highest BCUT2D eigenvalue weighted by Gasteiger charge is 2.37. The Morgan fingerprint density at radius 3 is 2.56 bits per heavy atom. The van der Waals surface area contributed by atoms with Gasteiger partial charge in [-0.3, -0.25) is 9.59 Å². The number of amides is 1. The van der Waals surface area contributed by atoms with Crippen molar-refractivity contribution in [2.24, 2.45) is 11.8 Å². The van der Waals surface area contributed by atoms with Crippen LogP contribution in [0.3, 0.4) is 0 Å². The van der Waals surface area contributed by atoms with E-state index in [2.05, 4.69) is 10.3 Å². The molecule has 1 saturated carbocycles. The number of ether oxygens (including phenoxy) is 5. The first-order chi connectivity index (χ1) is 18.7. The monoisotopic (exact) mass is 544 g/mol. The first-order valence-corrected chi connectivity index (χ1v) is 12.9. The smallest absolute Gasteiger partial charge is 0.331 e. The lowest BCUT2D eigenvalue weighted by Crippen LogP contribution is -2.46. The lowest BCUT2D eigenvalue weighted by molar-refractivity contribution is -0.155. The minimum atomic E-state index is -1.16. The molecule has 2 heterocycles. The summed E-state index contributed by atoms with van der Waals surface area (Å²) < 4.78 is 41.7. The van der Waals surface area contributed by atoms with Crippen LogP contribution in [0.2, 0.25) is 0 Å². The van der Waals surface area contributed by atoms with E-state index in [-0.39, 0.29) is 48.2 Å². The predicted molar refractivity (Wildman–Crippen MR) is 136 cm³/mol. The maximum atomic E-state index is 13.5. The Morgan fingerprint density at radius 1 is 1.15 bits per heavy atom. The van der Waals surface area contributed by atoms with Crippen LogP contribution in [0.25, 0.3) is 0 Å². The molecular formula is C28H33FN2O8. The van der Waals surface area contributed by atoms with Gasteiger partial charge in [-0.15, -0.1) is 0 Å². The number of nitrogens with one attached hydrogen (secondary N) is 1. The number of aromatic nitrogens is 1. The predicted octanol–water partition coefficient (Wildman–Crippen LogP) is 2.87. The number of carbonyl (C=O) groups excluding carboxylic acids is 3. The fraction of sp³-hybridized carbons (Fsp3) is 0.500. The van der Waals surface area contributed by atoms with Crippen molar-refractivity contribution < 1.29 is 42.5 Å². The molecule has 1 aliphatic carbocycles. The molecule has 210 valence electrons. The number of halogens is 1. The van der Waals surface area contributed by atoms with Crippen molar-refractivity contribution in [3.8, 4) is 11.5 Å². The summed E-state index contributed by atoms with van der Waals surface area (Å²) in [6.07, 6.45) is 3.04. The third-order valence-corrected chi connectivity index (χ3v) is 6.72. The number of esters is 2. The summed E-state index contributed by atoms with van der Waals surface area (Å²) in [6.45, 7) is 3.53. The highest BCUT2D eigenvalue weighted by atomic mass is 19.1. The van der Waals surface area contributed by atoms with Crippen molar-refractivity contribution >= 4 is 17.8 Å². The van der Waals surface area contributed by atoms with Crippen LogP contribution in [0.1, 0.15) is 42.7 Å². The summed E-state index contributed by atoms with van der Waals surface area (Å²) in [4.78, 5) is 41.9. The van der Waals surface area contributed by atoms with Gasteiger partial charge in [0.05, 0.1) is 26.4 Å². The van der Waals surface area contributed by atoms with Gasteiger partial charge >= 0.3 is 11.9 Å². The van der Waals surface area contributed by atoms with E-state index in [1.165, 1.54) is 38.4 Å². The van der Waals surface area contributed by atoms with Crippen LogP contribution in [0.4, 0.5) is 4.39 Å². The maximum absolute atomic E-state index is 13.5. The Kier molecular flexibility index (Phi) is 9.47. The van der Waals surface area contributed by atoms with Gasteiger partial charge in [0, 0.05) is 31.7 Å². The third kappa shape index (κ3) is 7.73. The zero-order chi connectivity index (χ0) is 27.9. The van der Waals surface area contributed by atoms with Gasteiger partial charge < -0.3 is 29.0 Å². The van der Waals surface area contributed by atoms with Crippen molar-refractivity contribution in [2.75, 3.05) is 26.9 Å². The molecule has 0 unspecified atom stereocenters. The molecule has 2 aromatic rings. The Bertz CT molecular complexity index is 1170. The van der Waals surface area contributed by atoms with E-state index >= 15 is 0 Å². The summed E-state index contributed by atoms with van der Waals surface area (Å²) >= 11 is 0. The molecule has 10 nitrogen and oxygen atoms in total. The Labute approximate surface area is 226 Å². The molecule has 1 aromatic heterocycles. The average Bonchev–Trinajstić information content (AvgIpc) is 3.73. The molecule has 1 aliphatic heterocycles. The second-order valence-corrected chi connectivity index (χ2v) is 9.80. The molecular weight excluding hydrogens is 511 g/mol. The average molecular weight is 545 g/mol. The second kappa shape index (κ2) is 13.0. The van der Waals surface area contributed by atoms with Gasteiger partial charge in [-0.25, -0.2) is 14.2 Å². The van der Waals surface area contributed by atoms with E-state index in [9.17, 15) is 18.8 Å². The fourth-order valence-corrected chi connectivity index (χ4v) is 4.38. The highest BCUT2D eigenvalue weighted by molar-refractivity contribution is 5.98. The van der Waals surface area contributed by atoms with Crippen molar-refractivity contribution in [3.05, 3.63) is 53.6 Å². The lowest BCUT2D eigenvalue weighted by atomic mass is 9.89.